The minimum Gasteiger partial charge on any atom is -0.356 e. The van der Waals surface area contributed by atoms with E-state index < -0.39 is 0 Å². The van der Waals surface area contributed by atoms with Gasteiger partial charge in [0.15, 0.2) is 0 Å². The summed E-state index contributed by atoms with van der Waals surface area (Å²) in [7, 11) is 0. The number of benzene rings is 1. The van der Waals surface area contributed by atoms with Gasteiger partial charge >= 0.3 is 0 Å². The first-order chi connectivity index (χ1) is 11.6. The van der Waals surface area contributed by atoms with E-state index in [2.05, 4.69) is 41.5 Å². The third kappa shape index (κ3) is 5.96. The number of nitrogens with zero attached hydrogens (tertiary/aromatic N) is 1. The summed E-state index contributed by atoms with van der Waals surface area (Å²) < 4.78 is 0. The first-order valence-electron chi connectivity index (χ1n) is 8.88. The van der Waals surface area contributed by atoms with Crippen LogP contribution in [0.25, 0.3) is 0 Å². The van der Waals surface area contributed by atoms with Crippen molar-refractivity contribution < 1.29 is 9.59 Å². The number of amides is 2. The molecule has 24 heavy (non-hydrogen) atoms. The van der Waals surface area contributed by atoms with E-state index in [1.807, 2.05) is 18.2 Å². The van der Waals surface area contributed by atoms with Crippen LogP contribution in [0.15, 0.2) is 30.3 Å². The minimum absolute atomic E-state index is 0.0272. The van der Waals surface area contributed by atoms with Crippen LogP contribution in [0.4, 0.5) is 0 Å². The largest absolute Gasteiger partial charge is 0.356 e. The summed E-state index contributed by atoms with van der Waals surface area (Å²) in [5.41, 5.74) is 1.31. The highest BCUT2D eigenvalue weighted by Gasteiger charge is 2.31. The van der Waals surface area contributed by atoms with Crippen molar-refractivity contribution in [2.75, 3.05) is 26.2 Å². The van der Waals surface area contributed by atoms with E-state index in [0.717, 1.165) is 25.9 Å². The Morgan fingerprint density at radius 2 is 2.08 bits per heavy atom. The highest BCUT2D eigenvalue weighted by atomic mass is 16.2. The van der Waals surface area contributed by atoms with Crippen LogP contribution < -0.4 is 10.6 Å². The number of aryl methyl sites for hydroxylation is 1. The third-order valence-electron chi connectivity index (χ3n) is 4.28. The van der Waals surface area contributed by atoms with Crippen molar-refractivity contribution >= 4 is 11.8 Å². The Morgan fingerprint density at radius 1 is 1.33 bits per heavy atom. The highest BCUT2D eigenvalue weighted by molar-refractivity contribution is 5.88. The van der Waals surface area contributed by atoms with E-state index in [4.69, 9.17) is 0 Å². The van der Waals surface area contributed by atoms with Crippen LogP contribution in [0.1, 0.15) is 32.3 Å². The van der Waals surface area contributed by atoms with Crippen molar-refractivity contribution in [1.82, 2.24) is 15.5 Å². The molecule has 5 nitrogen and oxygen atoms in total. The zero-order chi connectivity index (χ0) is 17.4. The van der Waals surface area contributed by atoms with Gasteiger partial charge in [0.1, 0.15) is 0 Å². The number of piperazine rings is 1. The van der Waals surface area contributed by atoms with Crippen molar-refractivity contribution in [3.05, 3.63) is 35.9 Å². The second-order valence-corrected chi connectivity index (χ2v) is 6.83. The van der Waals surface area contributed by atoms with E-state index in [1.165, 1.54) is 5.56 Å². The Labute approximate surface area is 144 Å². The van der Waals surface area contributed by atoms with Gasteiger partial charge in [0.25, 0.3) is 0 Å². The summed E-state index contributed by atoms with van der Waals surface area (Å²) in [4.78, 5) is 26.4. The van der Waals surface area contributed by atoms with Gasteiger partial charge in [0.05, 0.1) is 12.5 Å². The summed E-state index contributed by atoms with van der Waals surface area (Å²) in [5, 5.41) is 5.79. The third-order valence-corrected chi connectivity index (χ3v) is 4.28. The van der Waals surface area contributed by atoms with Gasteiger partial charge in [-0.25, -0.2) is 0 Å². The van der Waals surface area contributed by atoms with Gasteiger partial charge in [-0.1, -0.05) is 44.2 Å². The maximum absolute atomic E-state index is 12.2. The molecule has 0 aliphatic carbocycles. The Balaban J connectivity index is 1.83. The molecule has 0 spiro atoms. The Kier molecular flexibility index (Phi) is 7.25. The molecule has 1 aliphatic heterocycles. The number of hydrogen-bond acceptors (Lipinski definition) is 3. The summed E-state index contributed by atoms with van der Waals surface area (Å²) >= 11 is 0. The standard InChI is InChI=1S/C19H29N3O2/c1-15(2)14-21-18(23)13-17-19(24)20-10-12-22(17)11-6-9-16-7-4-3-5-8-16/h3-5,7-8,15,17H,6,9-14H2,1-2H3,(H,20,24)(H,21,23). The lowest BCUT2D eigenvalue weighted by Crippen LogP contribution is -2.56. The molecule has 0 aromatic heterocycles. The first-order valence-corrected chi connectivity index (χ1v) is 8.88. The van der Waals surface area contributed by atoms with E-state index in [-0.39, 0.29) is 24.3 Å². The molecule has 1 atom stereocenters. The molecule has 1 fully saturated rings. The first kappa shape index (κ1) is 18.5. The summed E-state index contributed by atoms with van der Waals surface area (Å²) in [6.45, 7) is 7.08. The van der Waals surface area contributed by atoms with Gasteiger partial charge in [0, 0.05) is 19.6 Å². The zero-order valence-corrected chi connectivity index (χ0v) is 14.8. The number of nitrogens with one attached hydrogen (secondary N) is 2. The summed E-state index contributed by atoms with van der Waals surface area (Å²) in [6, 6.07) is 10.0. The molecule has 5 heteroatoms. The molecule has 1 heterocycles. The molecule has 0 saturated carbocycles. The fourth-order valence-electron chi connectivity index (χ4n) is 2.95. The predicted molar refractivity (Wildman–Crippen MR) is 95.6 cm³/mol. The second-order valence-electron chi connectivity index (χ2n) is 6.83. The molecule has 1 unspecified atom stereocenters. The maximum Gasteiger partial charge on any atom is 0.237 e. The quantitative estimate of drug-likeness (QED) is 0.760. The fourth-order valence-corrected chi connectivity index (χ4v) is 2.95. The lowest BCUT2D eigenvalue weighted by Gasteiger charge is -2.34. The lowest BCUT2D eigenvalue weighted by atomic mass is 10.1. The summed E-state index contributed by atoms with van der Waals surface area (Å²) in [5.74, 6) is 0.343. The maximum atomic E-state index is 12.2. The van der Waals surface area contributed by atoms with Gasteiger partial charge < -0.3 is 10.6 Å². The lowest BCUT2D eigenvalue weighted by molar-refractivity contribution is -0.134. The van der Waals surface area contributed by atoms with Gasteiger partial charge in [-0.2, -0.15) is 0 Å². The van der Waals surface area contributed by atoms with Crippen LogP contribution in [0.2, 0.25) is 0 Å². The molecular formula is C19H29N3O2. The molecule has 2 N–H and O–H groups in total. The Bertz CT molecular complexity index is 531. The van der Waals surface area contributed by atoms with Crippen molar-refractivity contribution in [2.24, 2.45) is 5.92 Å². The predicted octanol–water partition coefficient (Wildman–Crippen LogP) is 1.58. The van der Waals surface area contributed by atoms with Crippen LogP contribution in [0.3, 0.4) is 0 Å². The molecule has 1 aliphatic rings. The molecule has 1 saturated heterocycles. The number of rotatable bonds is 8. The van der Waals surface area contributed by atoms with Gasteiger partial charge in [-0.05, 0) is 30.9 Å². The molecule has 0 radical (unpaired) electrons. The van der Waals surface area contributed by atoms with Crippen LogP contribution in [-0.4, -0.2) is 48.9 Å². The van der Waals surface area contributed by atoms with Gasteiger partial charge in [-0.3, -0.25) is 14.5 Å². The average Bonchev–Trinajstić information content (AvgIpc) is 2.57. The molecule has 2 amide bonds. The summed E-state index contributed by atoms with van der Waals surface area (Å²) in [6.07, 6.45) is 2.22. The van der Waals surface area contributed by atoms with Gasteiger partial charge in [-0.15, -0.1) is 0 Å². The topological polar surface area (TPSA) is 61.4 Å². The van der Waals surface area contributed by atoms with Crippen LogP contribution in [0, 0.1) is 5.92 Å². The van der Waals surface area contributed by atoms with Crippen LogP contribution in [0.5, 0.6) is 0 Å². The molecule has 0 bridgehead atoms. The molecular weight excluding hydrogens is 302 g/mol. The van der Waals surface area contributed by atoms with E-state index in [1.54, 1.807) is 0 Å². The van der Waals surface area contributed by atoms with Crippen molar-refractivity contribution in [3.63, 3.8) is 0 Å². The Hall–Kier alpha value is -1.88. The zero-order valence-electron chi connectivity index (χ0n) is 14.8. The number of hydrogen-bond donors (Lipinski definition) is 2. The normalized spacial score (nSPS) is 18.5. The van der Waals surface area contributed by atoms with Crippen LogP contribution in [-0.2, 0) is 16.0 Å². The van der Waals surface area contributed by atoms with E-state index in [9.17, 15) is 9.59 Å². The van der Waals surface area contributed by atoms with Gasteiger partial charge in [0.2, 0.25) is 11.8 Å². The smallest absolute Gasteiger partial charge is 0.237 e. The molecule has 132 valence electrons. The number of carbonyl (C=O) groups excluding carboxylic acids is 2. The average molecular weight is 331 g/mol. The van der Waals surface area contributed by atoms with E-state index >= 15 is 0 Å². The Morgan fingerprint density at radius 3 is 2.79 bits per heavy atom. The van der Waals surface area contributed by atoms with Crippen molar-refractivity contribution in [1.29, 1.82) is 0 Å². The van der Waals surface area contributed by atoms with E-state index in [0.29, 0.717) is 19.0 Å². The molecule has 1 aromatic rings. The van der Waals surface area contributed by atoms with Crippen molar-refractivity contribution in [2.45, 2.75) is 39.2 Å². The fraction of sp³-hybridized carbons (Fsp3) is 0.579. The number of carbonyl (C=O) groups is 2. The highest BCUT2D eigenvalue weighted by Crippen LogP contribution is 2.11. The second kappa shape index (κ2) is 9.42. The SMILES string of the molecule is CC(C)CNC(=O)CC1C(=O)NCCN1CCCc1ccccc1. The monoisotopic (exact) mass is 331 g/mol. The minimum atomic E-state index is -0.346. The molecule has 2 rings (SSSR count). The van der Waals surface area contributed by atoms with Crippen molar-refractivity contribution in [3.8, 4) is 0 Å². The molecule has 1 aromatic carbocycles. The van der Waals surface area contributed by atoms with Crippen LogP contribution >= 0.6 is 0 Å².